The van der Waals surface area contributed by atoms with Gasteiger partial charge in [0.1, 0.15) is 5.75 Å². The molecule has 0 aliphatic heterocycles. The van der Waals surface area contributed by atoms with Gasteiger partial charge in [0.25, 0.3) is 0 Å². The van der Waals surface area contributed by atoms with Gasteiger partial charge in [-0.25, -0.2) is 0 Å². The van der Waals surface area contributed by atoms with Crippen molar-refractivity contribution in [1.29, 1.82) is 0 Å². The maximum atomic E-state index is 5.21. The molecule has 106 valence electrons. The van der Waals surface area contributed by atoms with Crippen molar-refractivity contribution in [2.75, 3.05) is 34.3 Å². The molecule has 0 heterocycles. The SMILES string of the molecule is CNC(CN(C)CC1CCC1)c1ccc(OC)cc1. The van der Waals surface area contributed by atoms with E-state index < -0.39 is 0 Å². The summed E-state index contributed by atoms with van der Waals surface area (Å²) in [5, 5.41) is 3.41. The Morgan fingerprint density at radius 3 is 2.47 bits per heavy atom. The Kier molecular flexibility index (Phi) is 5.23. The molecule has 3 nitrogen and oxygen atoms in total. The first-order chi connectivity index (χ1) is 9.22. The summed E-state index contributed by atoms with van der Waals surface area (Å²) >= 11 is 0. The van der Waals surface area contributed by atoms with Crippen LogP contribution in [-0.4, -0.2) is 39.2 Å². The van der Waals surface area contributed by atoms with Gasteiger partial charge in [0.15, 0.2) is 0 Å². The van der Waals surface area contributed by atoms with Crippen LogP contribution in [0.4, 0.5) is 0 Å². The first kappa shape index (κ1) is 14.4. The average molecular weight is 262 g/mol. The van der Waals surface area contributed by atoms with E-state index in [1.807, 2.05) is 19.2 Å². The number of benzene rings is 1. The number of hydrogen-bond acceptors (Lipinski definition) is 3. The Balaban J connectivity index is 1.90. The fraction of sp³-hybridized carbons (Fsp3) is 0.625. The number of nitrogens with one attached hydrogen (secondary N) is 1. The van der Waals surface area contributed by atoms with Gasteiger partial charge in [-0.1, -0.05) is 18.6 Å². The molecule has 1 aromatic carbocycles. The van der Waals surface area contributed by atoms with Crippen LogP contribution in [0.1, 0.15) is 30.9 Å². The van der Waals surface area contributed by atoms with Crippen molar-refractivity contribution >= 4 is 0 Å². The van der Waals surface area contributed by atoms with E-state index in [-0.39, 0.29) is 0 Å². The van der Waals surface area contributed by atoms with Crippen molar-refractivity contribution in [3.05, 3.63) is 29.8 Å². The minimum atomic E-state index is 0.385. The maximum Gasteiger partial charge on any atom is 0.118 e. The molecule has 0 bridgehead atoms. The predicted molar refractivity (Wildman–Crippen MR) is 79.6 cm³/mol. The smallest absolute Gasteiger partial charge is 0.118 e. The minimum absolute atomic E-state index is 0.385. The Bertz CT molecular complexity index is 373. The van der Waals surface area contributed by atoms with Crippen LogP contribution in [-0.2, 0) is 0 Å². The van der Waals surface area contributed by atoms with Gasteiger partial charge >= 0.3 is 0 Å². The van der Waals surface area contributed by atoms with E-state index in [4.69, 9.17) is 4.74 Å². The van der Waals surface area contributed by atoms with Crippen LogP contribution in [0.5, 0.6) is 5.75 Å². The van der Waals surface area contributed by atoms with Gasteiger partial charge in [-0.2, -0.15) is 0 Å². The molecule has 0 amide bonds. The molecular formula is C16H26N2O. The fourth-order valence-corrected chi connectivity index (χ4v) is 2.70. The lowest BCUT2D eigenvalue weighted by molar-refractivity contribution is 0.193. The van der Waals surface area contributed by atoms with Crippen LogP contribution in [0.25, 0.3) is 0 Å². The molecule has 0 saturated heterocycles. The zero-order valence-corrected chi connectivity index (χ0v) is 12.4. The van der Waals surface area contributed by atoms with Crippen molar-refractivity contribution in [3.63, 3.8) is 0 Å². The third-order valence-corrected chi connectivity index (χ3v) is 4.16. The second-order valence-electron chi connectivity index (χ2n) is 5.63. The summed E-state index contributed by atoms with van der Waals surface area (Å²) in [6.07, 6.45) is 4.25. The van der Waals surface area contributed by atoms with Crippen LogP contribution in [0.3, 0.4) is 0 Å². The third-order valence-electron chi connectivity index (χ3n) is 4.16. The standard InChI is InChI=1S/C16H26N2O/c1-17-16(12-18(2)11-13-5-4-6-13)14-7-9-15(19-3)10-8-14/h7-10,13,16-17H,4-6,11-12H2,1-3H3. The molecule has 1 N–H and O–H groups in total. The van der Waals surface area contributed by atoms with Crippen molar-refractivity contribution in [3.8, 4) is 5.75 Å². The van der Waals surface area contributed by atoms with Crippen LogP contribution in [0.15, 0.2) is 24.3 Å². The van der Waals surface area contributed by atoms with E-state index in [0.717, 1.165) is 18.2 Å². The summed E-state index contributed by atoms with van der Waals surface area (Å²) < 4.78 is 5.21. The quantitative estimate of drug-likeness (QED) is 0.817. The van der Waals surface area contributed by atoms with Gasteiger partial charge in [0.05, 0.1) is 7.11 Å². The first-order valence-electron chi connectivity index (χ1n) is 7.22. The highest BCUT2D eigenvalue weighted by Crippen LogP contribution is 2.27. The highest BCUT2D eigenvalue weighted by Gasteiger charge is 2.20. The largest absolute Gasteiger partial charge is 0.497 e. The minimum Gasteiger partial charge on any atom is -0.497 e. The molecule has 2 rings (SSSR count). The van der Waals surface area contributed by atoms with Crippen molar-refractivity contribution in [1.82, 2.24) is 10.2 Å². The summed E-state index contributed by atoms with van der Waals surface area (Å²) in [5.74, 6) is 1.85. The van der Waals surface area contributed by atoms with Gasteiger partial charge in [-0.3, -0.25) is 0 Å². The van der Waals surface area contributed by atoms with Crippen molar-refractivity contribution in [2.24, 2.45) is 5.92 Å². The van der Waals surface area contributed by atoms with E-state index in [1.165, 1.54) is 31.4 Å². The Morgan fingerprint density at radius 2 is 2.00 bits per heavy atom. The molecule has 1 aliphatic carbocycles. The van der Waals surface area contributed by atoms with Crippen molar-refractivity contribution in [2.45, 2.75) is 25.3 Å². The number of hydrogen-bond donors (Lipinski definition) is 1. The summed E-state index contributed by atoms with van der Waals surface area (Å²) in [4.78, 5) is 2.45. The van der Waals surface area contributed by atoms with Gasteiger partial charge in [-0.15, -0.1) is 0 Å². The number of likely N-dealkylation sites (N-methyl/N-ethyl adjacent to an activating group) is 2. The molecule has 1 fully saturated rings. The fourth-order valence-electron chi connectivity index (χ4n) is 2.70. The molecule has 1 aliphatic rings. The lowest BCUT2D eigenvalue weighted by atomic mass is 9.85. The average Bonchev–Trinajstić information content (AvgIpc) is 2.40. The van der Waals surface area contributed by atoms with Gasteiger partial charge in [0.2, 0.25) is 0 Å². The van der Waals surface area contributed by atoms with Crippen molar-refractivity contribution < 1.29 is 4.74 Å². The van der Waals surface area contributed by atoms with Crippen LogP contribution in [0, 0.1) is 5.92 Å². The first-order valence-corrected chi connectivity index (χ1v) is 7.22. The topological polar surface area (TPSA) is 24.5 Å². The van der Waals surface area contributed by atoms with Gasteiger partial charge in [-0.05, 0) is 50.6 Å². The summed E-state index contributed by atoms with van der Waals surface area (Å²) in [6.45, 7) is 2.29. The summed E-state index contributed by atoms with van der Waals surface area (Å²) in [7, 11) is 5.97. The Morgan fingerprint density at radius 1 is 1.32 bits per heavy atom. The molecule has 0 radical (unpaired) electrons. The van der Waals surface area contributed by atoms with E-state index in [0.29, 0.717) is 6.04 Å². The van der Waals surface area contributed by atoms with E-state index in [2.05, 4.69) is 29.4 Å². The third kappa shape index (κ3) is 3.95. The van der Waals surface area contributed by atoms with Crippen LogP contribution >= 0.6 is 0 Å². The van der Waals surface area contributed by atoms with E-state index >= 15 is 0 Å². The van der Waals surface area contributed by atoms with Gasteiger partial charge < -0.3 is 15.0 Å². The molecule has 1 aromatic rings. The highest BCUT2D eigenvalue weighted by atomic mass is 16.5. The molecule has 0 spiro atoms. The number of methoxy groups -OCH3 is 1. The summed E-state index contributed by atoms with van der Waals surface area (Å²) in [6, 6.07) is 8.75. The normalized spacial score (nSPS) is 17.3. The number of ether oxygens (including phenoxy) is 1. The lowest BCUT2D eigenvalue weighted by Crippen LogP contribution is -2.35. The molecule has 1 saturated carbocycles. The number of nitrogens with zero attached hydrogens (tertiary/aromatic N) is 1. The molecule has 19 heavy (non-hydrogen) atoms. The predicted octanol–water partition coefficient (Wildman–Crippen LogP) is 2.69. The molecule has 1 unspecified atom stereocenters. The maximum absolute atomic E-state index is 5.21. The molecule has 1 atom stereocenters. The zero-order chi connectivity index (χ0) is 13.7. The second kappa shape index (κ2) is 6.92. The number of rotatable bonds is 7. The molecule has 0 aromatic heterocycles. The zero-order valence-electron chi connectivity index (χ0n) is 12.4. The highest BCUT2D eigenvalue weighted by molar-refractivity contribution is 5.29. The molecular weight excluding hydrogens is 236 g/mol. The van der Waals surface area contributed by atoms with E-state index in [9.17, 15) is 0 Å². The van der Waals surface area contributed by atoms with Crippen LogP contribution < -0.4 is 10.1 Å². The summed E-state index contributed by atoms with van der Waals surface area (Å²) in [5.41, 5.74) is 1.32. The van der Waals surface area contributed by atoms with Gasteiger partial charge in [0, 0.05) is 19.1 Å². The second-order valence-corrected chi connectivity index (χ2v) is 5.63. The van der Waals surface area contributed by atoms with Crippen LogP contribution in [0.2, 0.25) is 0 Å². The van der Waals surface area contributed by atoms with E-state index in [1.54, 1.807) is 7.11 Å². The Hall–Kier alpha value is -1.06. The monoisotopic (exact) mass is 262 g/mol. The molecule has 3 heteroatoms. The Labute approximate surface area is 116 Å². The lowest BCUT2D eigenvalue weighted by Gasteiger charge is -2.32.